The summed E-state index contributed by atoms with van der Waals surface area (Å²) < 4.78 is 0. The molecule has 0 amide bonds. The number of rotatable bonds is 12. The molecule has 0 aliphatic heterocycles. The summed E-state index contributed by atoms with van der Waals surface area (Å²) in [6.07, 6.45) is 14.0. The number of carboxylic acids is 1. The Morgan fingerprint density at radius 3 is 1.35 bits per heavy atom. The van der Waals surface area contributed by atoms with Crippen LogP contribution in [0.5, 0.6) is 0 Å². The first-order valence-corrected chi connectivity index (χ1v) is 6.97. The second-order valence-corrected chi connectivity index (χ2v) is 4.66. The van der Waals surface area contributed by atoms with Gasteiger partial charge < -0.3 is 34.7 Å². The van der Waals surface area contributed by atoms with Crippen LogP contribution in [0.2, 0.25) is 0 Å². The van der Waals surface area contributed by atoms with E-state index in [4.69, 9.17) is 0 Å². The molecule has 0 spiro atoms. The molecular formula is C14H28AlCl3O2. The van der Waals surface area contributed by atoms with Crippen molar-refractivity contribution < 1.29 is 34.7 Å². The van der Waals surface area contributed by atoms with Crippen LogP contribution in [0.4, 0.5) is 0 Å². The molecule has 0 bridgehead atoms. The SMILES string of the molecule is CCCCCCCCCCCCCC(=O)[O-].Cl.[Al+3].[Cl-].[Cl-]. The Morgan fingerprint density at radius 1 is 0.750 bits per heavy atom. The molecule has 120 valence electrons. The summed E-state index contributed by atoms with van der Waals surface area (Å²) >= 11 is 0. The smallest absolute Gasteiger partial charge is 1.00 e. The second-order valence-electron chi connectivity index (χ2n) is 4.66. The summed E-state index contributed by atoms with van der Waals surface area (Å²) in [4.78, 5) is 10.1. The summed E-state index contributed by atoms with van der Waals surface area (Å²) in [6.45, 7) is 2.24. The van der Waals surface area contributed by atoms with Crippen LogP contribution in [0, 0.1) is 0 Å². The summed E-state index contributed by atoms with van der Waals surface area (Å²) in [5.41, 5.74) is 0. The zero-order chi connectivity index (χ0) is 12.1. The van der Waals surface area contributed by atoms with E-state index in [0.717, 1.165) is 12.8 Å². The summed E-state index contributed by atoms with van der Waals surface area (Å²) in [5, 5.41) is 10.1. The Morgan fingerprint density at radius 2 is 1.05 bits per heavy atom. The van der Waals surface area contributed by atoms with Crippen molar-refractivity contribution in [3.63, 3.8) is 0 Å². The van der Waals surface area contributed by atoms with Gasteiger partial charge in [0.1, 0.15) is 0 Å². The Kier molecular flexibility index (Phi) is 46.0. The molecule has 0 fully saturated rings. The molecule has 20 heavy (non-hydrogen) atoms. The van der Waals surface area contributed by atoms with Crippen molar-refractivity contribution in [2.45, 2.75) is 84.0 Å². The van der Waals surface area contributed by atoms with Gasteiger partial charge >= 0.3 is 17.4 Å². The van der Waals surface area contributed by atoms with E-state index in [9.17, 15) is 9.90 Å². The summed E-state index contributed by atoms with van der Waals surface area (Å²) in [5.74, 6) is -0.907. The van der Waals surface area contributed by atoms with E-state index in [1.54, 1.807) is 0 Å². The van der Waals surface area contributed by atoms with Gasteiger partial charge in [-0.15, -0.1) is 12.4 Å². The van der Waals surface area contributed by atoms with Gasteiger partial charge in [0.25, 0.3) is 0 Å². The van der Waals surface area contributed by atoms with Gasteiger partial charge in [-0.05, 0) is 12.8 Å². The molecule has 0 N–H and O–H groups in total. The molecule has 6 heteroatoms. The van der Waals surface area contributed by atoms with Gasteiger partial charge in [-0.25, -0.2) is 0 Å². The van der Waals surface area contributed by atoms with Crippen LogP contribution < -0.4 is 29.9 Å². The predicted molar refractivity (Wildman–Crippen MR) is 79.1 cm³/mol. The molecule has 0 atom stereocenters. The number of unbranched alkanes of at least 4 members (excludes halogenated alkanes) is 10. The first-order chi connectivity index (χ1) is 7.77. The number of carbonyl (C=O) groups is 1. The van der Waals surface area contributed by atoms with Gasteiger partial charge in [0.15, 0.2) is 0 Å². The first kappa shape index (κ1) is 32.7. The van der Waals surface area contributed by atoms with Crippen molar-refractivity contribution in [1.29, 1.82) is 0 Å². The molecule has 0 aromatic carbocycles. The molecule has 0 rings (SSSR count). The molecule has 0 saturated carbocycles. The Bertz CT molecular complexity index is 172. The second kappa shape index (κ2) is 28.1. The fourth-order valence-electron chi connectivity index (χ4n) is 1.93. The maximum Gasteiger partial charge on any atom is 3.00 e. The van der Waals surface area contributed by atoms with E-state index in [-0.39, 0.29) is 61.0 Å². The molecule has 0 aromatic heterocycles. The largest absolute Gasteiger partial charge is 3.00 e. The molecule has 0 unspecified atom stereocenters. The maximum absolute atomic E-state index is 10.1. The van der Waals surface area contributed by atoms with Gasteiger partial charge in [0.2, 0.25) is 0 Å². The van der Waals surface area contributed by atoms with Crippen LogP contribution in [0.15, 0.2) is 0 Å². The summed E-state index contributed by atoms with van der Waals surface area (Å²) in [6, 6.07) is 0. The van der Waals surface area contributed by atoms with Gasteiger partial charge in [-0.1, -0.05) is 71.1 Å². The van der Waals surface area contributed by atoms with Crippen LogP contribution in [0.1, 0.15) is 84.0 Å². The maximum atomic E-state index is 10.1. The van der Waals surface area contributed by atoms with Crippen molar-refractivity contribution in [2.75, 3.05) is 0 Å². The Labute approximate surface area is 154 Å². The minimum atomic E-state index is -0.907. The van der Waals surface area contributed by atoms with Gasteiger partial charge in [0, 0.05) is 5.97 Å². The Balaban J connectivity index is -0.000000187. The van der Waals surface area contributed by atoms with Crippen molar-refractivity contribution in [2.24, 2.45) is 0 Å². The van der Waals surface area contributed by atoms with Crippen LogP contribution in [0.3, 0.4) is 0 Å². The molecule has 0 heterocycles. The van der Waals surface area contributed by atoms with Crippen molar-refractivity contribution in [3.05, 3.63) is 0 Å². The van der Waals surface area contributed by atoms with Gasteiger partial charge in [-0.3, -0.25) is 0 Å². The average Bonchev–Trinajstić information content (AvgIpc) is 2.25. The van der Waals surface area contributed by atoms with E-state index in [2.05, 4.69) is 6.92 Å². The topological polar surface area (TPSA) is 40.1 Å². The fourth-order valence-corrected chi connectivity index (χ4v) is 1.93. The average molecular weight is 362 g/mol. The first-order valence-electron chi connectivity index (χ1n) is 6.97. The normalized spacial score (nSPS) is 8.45. The molecule has 0 aromatic rings. The van der Waals surface area contributed by atoms with Gasteiger partial charge in [0.05, 0.1) is 0 Å². The number of hydrogen-bond acceptors (Lipinski definition) is 2. The quantitative estimate of drug-likeness (QED) is 0.284. The molecule has 2 nitrogen and oxygen atoms in total. The molecular weight excluding hydrogens is 333 g/mol. The van der Waals surface area contributed by atoms with E-state index < -0.39 is 5.97 Å². The van der Waals surface area contributed by atoms with Crippen molar-refractivity contribution >= 4 is 35.7 Å². The zero-order valence-corrected chi connectivity index (χ0v) is 16.0. The number of halogens is 3. The summed E-state index contributed by atoms with van der Waals surface area (Å²) in [7, 11) is 0. The van der Waals surface area contributed by atoms with E-state index in [0.29, 0.717) is 0 Å². The van der Waals surface area contributed by atoms with Crippen molar-refractivity contribution in [3.8, 4) is 0 Å². The molecule has 0 radical (unpaired) electrons. The van der Waals surface area contributed by atoms with E-state index >= 15 is 0 Å². The monoisotopic (exact) mass is 360 g/mol. The zero-order valence-electron chi connectivity index (χ0n) is 12.5. The van der Waals surface area contributed by atoms with Gasteiger partial charge in [-0.2, -0.15) is 0 Å². The number of aliphatic carboxylic acids is 1. The minimum Gasteiger partial charge on any atom is -1.00 e. The predicted octanol–water partition coefficient (Wildman–Crippen LogP) is -2.51. The van der Waals surface area contributed by atoms with Crippen LogP contribution in [-0.4, -0.2) is 23.3 Å². The molecule has 0 aliphatic rings. The Hall–Kier alpha value is 0.872. The number of carboxylic acid groups (broad SMARTS) is 1. The molecule has 0 aliphatic carbocycles. The number of carbonyl (C=O) groups excluding carboxylic acids is 1. The molecule has 0 saturated heterocycles. The van der Waals surface area contributed by atoms with E-state index in [1.165, 1.54) is 57.8 Å². The third kappa shape index (κ3) is 31.3. The van der Waals surface area contributed by atoms with Crippen LogP contribution in [-0.2, 0) is 4.79 Å². The third-order valence-electron chi connectivity index (χ3n) is 2.98. The fraction of sp³-hybridized carbons (Fsp3) is 0.929. The van der Waals surface area contributed by atoms with E-state index in [1.807, 2.05) is 0 Å². The minimum absolute atomic E-state index is 0. The van der Waals surface area contributed by atoms with Crippen LogP contribution >= 0.6 is 12.4 Å². The number of hydrogen-bond donors (Lipinski definition) is 0. The van der Waals surface area contributed by atoms with Crippen molar-refractivity contribution in [1.82, 2.24) is 0 Å². The standard InChI is InChI=1S/C14H28O2.Al.3ClH/c1-2-3-4-5-6-7-8-9-10-11-12-13-14(15)16;;;;/h2-13H2,1H3,(H,15,16);;3*1H/q;+3;;;/p-3. The third-order valence-corrected chi connectivity index (χ3v) is 2.98. The van der Waals surface area contributed by atoms with Crippen LogP contribution in [0.25, 0.3) is 0 Å².